The SMILES string of the molecule is O/N=C1\CCn2c1cc1cc(Cl)ccc12. The maximum absolute atomic E-state index is 8.84. The monoisotopic (exact) mass is 220 g/mol. The molecule has 0 radical (unpaired) electrons. The van der Waals surface area contributed by atoms with Crippen molar-refractivity contribution in [3.63, 3.8) is 0 Å². The average molecular weight is 221 g/mol. The molecule has 1 aromatic carbocycles. The summed E-state index contributed by atoms with van der Waals surface area (Å²) in [5.41, 5.74) is 2.89. The lowest BCUT2D eigenvalue weighted by molar-refractivity contribution is 0.318. The van der Waals surface area contributed by atoms with E-state index in [1.807, 2.05) is 24.3 Å². The van der Waals surface area contributed by atoms with Crippen molar-refractivity contribution >= 4 is 28.2 Å². The van der Waals surface area contributed by atoms with Crippen LogP contribution in [0.2, 0.25) is 5.02 Å². The van der Waals surface area contributed by atoms with E-state index in [1.54, 1.807) is 0 Å². The molecular formula is C11H9ClN2O. The van der Waals surface area contributed by atoms with Gasteiger partial charge in [-0.3, -0.25) is 0 Å². The molecule has 2 aromatic rings. The van der Waals surface area contributed by atoms with Gasteiger partial charge >= 0.3 is 0 Å². The number of hydrogen-bond acceptors (Lipinski definition) is 2. The second-order valence-electron chi connectivity index (χ2n) is 3.68. The number of benzene rings is 1. The standard InChI is InChI=1S/C11H9ClN2O/c12-8-1-2-10-7(5-8)6-11-9(13-15)3-4-14(10)11/h1-2,5-6,15H,3-4H2/b13-9+. The van der Waals surface area contributed by atoms with E-state index in [-0.39, 0.29) is 0 Å². The van der Waals surface area contributed by atoms with Gasteiger partial charge in [0.25, 0.3) is 0 Å². The normalized spacial score (nSPS) is 17.5. The fourth-order valence-corrected chi connectivity index (χ4v) is 2.35. The number of aromatic nitrogens is 1. The summed E-state index contributed by atoms with van der Waals surface area (Å²) in [5, 5.41) is 14.0. The first kappa shape index (κ1) is 8.80. The van der Waals surface area contributed by atoms with Crippen LogP contribution in [0.4, 0.5) is 0 Å². The van der Waals surface area contributed by atoms with Gasteiger partial charge in [0.05, 0.1) is 5.69 Å². The smallest absolute Gasteiger partial charge is 0.105 e. The second-order valence-corrected chi connectivity index (χ2v) is 4.12. The summed E-state index contributed by atoms with van der Waals surface area (Å²) in [6.07, 6.45) is 0.796. The topological polar surface area (TPSA) is 37.5 Å². The Morgan fingerprint density at radius 3 is 3.00 bits per heavy atom. The van der Waals surface area contributed by atoms with Crippen molar-refractivity contribution in [3.05, 3.63) is 35.0 Å². The molecule has 0 fully saturated rings. The van der Waals surface area contributed by atoms with Crippen LogP contribution in [0, 0.1) is 0 Å². The molecule has 0 unspecified atom stereocenters. The van der Waals surface area contributed by atoms with E-state index in [4.69, 9.17) is 16.8 Å². The minimum absolute atomic E-state index is 0.731. The van der Waals surface area contributed by atoms with Gasteiger partial charge in [0, 0.05) is 28.9 Å². The first-order chi connectivity index (χ1) is 7.29. The molecule has 1 aromatic heterocycles. The second kappa shape index (κ2) is 3.00. The maximum Gasteiger partial charge on any atom is 0.105 e. The molecule has 3 rings (SSSR count). The van der Waals surface area contributed by atoms with Crippen LogP contribution in [-0.2, 0) is 6.54 Å². The van der Waals surface area contributed by atoms with Crippen molar-refractivity contribution in [3.8, 4) is 0 Å². The fraction of sp³-hybridized carbons (Fsp3) is 0.182. The molecule has 1 N–H and O–H groups in total. The van der Waals surface area contributed by atoms with Crippen molar-refractivity contribution in [2.45, 2.75) is 13.0 Å². The molecule has 0 bridgehead atoms. The first-order valence-corrected chi connectivity index (χ1v) is 5.17. The summed E-state index contributed by atoms with van der Waals surface area (Å²) in [5.74, 6) is 0. The van der Waals surface area contributed by atoms with E-state index < -0.39 is 0 Å². The number of aryl methyl sites for hydroxylation is 1. The van der Waals surface area contributed by atoms with Crippen LogP contribution in [0.15, 0.2) is 29.4 Å². The predicted molar refractivity (Wildman–Crippen MR) is 59.9 cm³/mol. The highest BCUT2D eigenvalue weighted by Crippen LogP contribution is 2.28. The van der Waals surface area contributed by atoms with Gasteiger partial charge in [0.1, 0.15) is 5.71 Å². The summed E-state index contributed by atoms with van der Waals surface area (Å²) in [7, 11) is 0. The van der Waals surface area contributed by atoms with E-state index >= 15 is 0 Å². The lowest BCUT2D eigenvalue weighted by Crippen LogP contribution is -1.93. The Kier molecular flexibility index (Phi) is 1.76. The molecule has 0 aliphatic carbocycles. The van der Waals surface area contributed by atoms with Crippen molar-refractivity contribution in [2.24, 2.45) is 5.16 Å². The summed E-state index contributed by atoms with van der Waals surface area (Å²) in [4.78, 5) is 0. The molecule has 0 amide bonds. The minimum Gasteiger partial charge on any atom is -0.411 e. The van der Waals surface area contributed by atoms with Gasteiger partial charge in [-0.15, -0.1) is 0 Å². The number of hydrogen-bond donors (Lipinski definition) is 1. The van der Waals surface area contributed by atoms with E-state index in [0.717, 1.165) is 40.3 Å². The van der Waals surface area contributed by atoms with Crippen LogP contribution in [0.3, 0.4) is 0 Å². The Hall–Kier alpha value is -1.48. The highest BCUT2D eigenvalue weighted by molar-refractivity contribution is 6.31. The van der Waals surface area contributed by atoms with Crippen molar-refractivity contribution in [1.82, 2.24) is 4.57 Å². The van der Waals surface area contributed by atoms with Gasteiger partial charge < -0.3 is 9.77 Å². The van der Waals surface area contributed by atoms with Crippen molar-refractivity contribution in [1.29, 1.82) is 0 Å². The number of rotatable bonds is 0. The van der Waals surface area contributed by atoms with E-state index in [9.17, 15) is 0 Å². The number of nitrogens with zero attached hydrogens (tertiary/aromatic N) is 2. The summed E-state index contributed by atoms with van der Waals surface area (Å²) in [6.45, 7) is 0.875. The highest BCUT2D eigenvalue weighted by Gasteiger charge is 2.20. The van der Waals surface area contributed by atoms with Crippen LogP contribution in [0.5, 0.6) is 0 Å². The van der Waals surface area contributed by atoms with Gasteiger partial charge in [-0.25, -0.2) is 0 Å². The summed E-state index contributed by atoms with van der Waals surface area (Å²) >= 11 is 5.92. The lowest BCUT2D eigenvalue weighted by atomic mass is 10.2. The molecule has 3 nitrogen and oxygen atoms in total. The van der Waals surface area contributed by atoms with Crippen molar-refractivity contribution in [2.75, 3.05) is 0 Å². The first-order valence-electron chi connectivity index (χ1n) is 4.79. The molecule has 2 heterocycles. The third kappa shape index (κ3) is 1.16. The van der Waals surface area contributed by atoms with Gasteiger partial charge in [0.15, 0.2) is 0 Å². The molecule has 1 aliphatic rings. The minimum atomic E-state index is 0.731. The zero-order valence-electron chi connectivity index (χ0n) is 7.94. The Bertz CT molecular complexity index is 571. The van der Waals surface area contributed by atoms with Gasteiger partial charge in [0.2, 0.25) is 0 Å². The highest BCUT2D eigenvalue weighted by atomic mass is 35.5. The fourth-order valence-electron chi connectivity index (χ4n) is 2.17. The van der Waals surface area contributed by atoms with E-state index in [0.29, 0.717) is 0 Å². The Balaban J connectivity index is 2.34. The largest absolute Gasteiger partial charge is 0.411 e. The number of oxime groups is 1. The quantitative estimate of drug-likeness (QED) is 0.538. The molecule has 15 heavy (non-hydrogen) atoms. The molecule has 76 valence electrons. The summed E-state index contributed by atoms with van der Waals surface area (Å²) in [6, 6.07) is 7.83. The zero-order valence-corrected chi connectivity index (χ0v) is 8.70. The lowest BCUT2D eigenvalue weighted by Gasteiger charge is -1.98. The van der Waals surface area contributed by atoms with Crippen LogP contribution in [0.1, 0.15) is 12.1 Å². The number of fused-ring (bicyclic) bond motifs is 3. The molecule has 0 saturated carbocycles. The number of halogens is 1. The molecular weight excluding hydrogens is 212 g/mol. The molecule has 0 atom stereocenters. The molecule has 0 spiro atoms. The molecule has 1 aliphatic heterocycles. The van der Waals surface area contributed by atoms with Crippen molar-refractivity contribution < 1.29 is 5.21 Å². The van der Waals surface area contributed by atoms with E-state index in [1.165, 1.54) is 0 Å². The molecule has 4 heteroatoms. The van der Waals surface area contributed by atoms with Gasteiger partial charge in [-0.1, -0.05) is 16.8 Å². The van der Waals surface area contributed by atoms with Crippen LogP contribution in [-0.4, -0.2) is 15.5 Å². The third-order valence-corrected chi connectivity index (χ3v) is 3.09. The average Bonchev–Trinajstić information content (AvgIpc) is 2.74. The van der Waals surface area contributed by atoms with Crippen LogP contribution >= 0.6 is 11.6 Å². The third-order valence-electron chi connectivity index (χ3n) is 2.85. The Labute approximate surface area is 91.6 Å². The van der Waals surface area contributed by atoms with Crippen LogP contribution < -0.4 is 0 Å². The van der Waals surface area contributed by atoms with Gasteiger partial charge in [-0.05, 0) is 24.3 Å². The Morgan fingerprint density at radius 2 is 2.20 bits per heavy atom. The zero-order chi connectivity index (χ0) is 10.4. The van der Waals surface area contributed by atoms with Crippen LogP contribution in [0.25, 0.3) is 10.9 Å². The Morgan fingerprint density at radius 1 is 1.33 bits per heavy atom. The van der Waals surface area contributed by atoms with Gasteiger partial charge in [-0.2, -0.15) is 0 Å². The maximum atomic E-state index is 8.84. The summed E-state index contributed by atoms with van der Waals surface area (Å²) < 4.78 is 2.15. The van der Waals surface area contributed by atoms with E-state index in [2.05, 4.69) is 9.72 Å². The molecule has 0 saturated heterocycles. The predicted octanol–water partition coefficient (Wildman–Crippen LogP) is 2.88.